The van der Waals surface area contributed by atoms with Gasteiger partial charge in [-0.3, -0.25) is 9.67 Å². The van der Waals surface area contributed by atoms with Crippen molar-refractivity contribution in [3.8, 4) is 11.3 Å². The van der Waals surface area contributed by atoms with E-state index in [0.29, 0.717) is 12.2 Å². The Morgan fingerprint density at radius 3 is 2.89 bits per heavy atom. The summed E-state index contributed by atoms with van der Waals surface area (Å²) in [5.41, 5.74) is 1.53. The minimum absolute atomic E-state index is 0.276. The molecule has 0 radical (unpaired) electrons. The van der Waals surface area contributed by atoms with Gasteiger partial charge in [0.2, 0.25) is 10.0 Å². The van der Waals surface area contributed by atoms with Crippen LogP contribution in [0.2, 0.25) is 0 Å². The number of nitrogens with zero attached hydrogens (tertiary/aromatic N) is 4. The highest BCUT2D eigenvalue weighted by atomic mass is 79.9. The molecule has 0 aromatic carbocycles. The second-order valence-electron chi connectivity index (χ2n) is 3.93. The predicted octanol–water partition coefficient (Wildman–Crippen LogP) is 0.652. The maximum absolute atomic E-state index is 10.9. The highest BCUT2D eigenvalue weighted by Gasteiger charge is 2.05. The van der Waals surface area contributed by atoms with Crippen molar-refractivity contribution >= 4 is 26.0 Å². The van der Waals surface area contributed by atoms with Crippen LogP contribution in [0.4, 0.5) is 0 Å². The molecule has 9 heteroatoms. The lowest BCUT2D eigenvalue weighted by atomic mass is 10.2. The zero-order valence-electron chi connectivity index (χ0n) is 10.1. The Morgan fingerprint density at radius 1 is 1.42 bits per heavy atom. The van der Waals surface area contributed by atoms with Gasteiger partial charge in [-0.05, 0) is 22.0 Å². The summed E-state index contributed by atoms with van der Waals surface area (Å²) < 4.78 is 26.7. The number of sulfonamides is 1. The molecule has 0 aliphatic heterocycles. The zero-order valence-corrected chi connectivity index (χ0v) is 12.5. The van der Waals surface area contributed by atoms with E-state index in [0.717, 1.165) is 16.3 Å². The molecule has 0 fully saturated rings. The maximum atomic E-state index is 10.9. The van der Waals surface area contributed by atoms with Crippen LogP contribution >= 0.6 is 15.9 Å². The standard InChI is InChI=1S/C10H12BrN5O2S/c1-19(17,18)13-2-3-16-7-10(14-15-16)8-4-9(11)6-12-5-8/h4-7,13H,2-3H2,1H3. The van der Waals surface area contributed by atoms with Crippen LogP contribution in [0.15, 0.2) is 29.1 Å². The first-order valence-electron chi connectivity index (χ1n) is 5.40. The first-order valence-corrected chi connectivity index (χ1v) is 8.08. The first kappa shape index (κ1) is 14.1. The van der Waals surface area contributed by atoms with E-state index in [9.17, 15) is 8.42 Å². The Labute approximate surface area is 119 Å². The van der Waals surface area contributed by atoms with E-state index in [-0.39, 0.29) is 6.54 Å². The van der Waals surface area contributed by atoms with Gasteiger partial charge in [0.1, 0.15) is 5.69 Å². The van der Waals surface area contributed by atoms with E-state index in [1.807, 2.05) is 6.07 Å². The van der Waals surface area contributed by atoms with Crippen molar-refractivity contribution in [2.24, 2.45) is 0 Å². The molecule has 1 N–H and O–H groups in total. The number of hydrogen-bond donors (Lipinski definition) is 1. The Morgan fingerprint density at radius 2 is 2.21 bits per heavy atom. The minimum Gasteiger partial charge on any atom is -0.263 e. The van der Waals surface area contributed by atoms with Crippen molar-refractivity contribution in [1.29, 1.82) is 0 Å². The Bertz CT molecular complexity index is 670. The fraction of sp³-hybridized carbons (Fsp3) is 0.300. The van der Waals surface area contributed by atoms with Crippen molar-refractivity contribution in [3.63, 3.8) is 0 Å². The summed E-state index contributed by atoms with van der Waals surface area (Å²) in [5, 5.41) is 7.95. The molecule has 0 spiro atoms. The molecule has 0 saturated heterocycles. The van der Waals surface area contributed by atoms with Gasteiger partial charge in [0.25, 0.3) is 0 Å². The second-order valence-corrected chi connectivity index (χ2v) is 6.67. The fourth-order valence-corrected chi connectivity index (χ4v) is 2.26. The molecular formula is C10H12BrN5O2S. The smallest absolute Gasteiger partial charge is 0.208 e. The van der Waals surface area contributed by atoms with E-state index in [4.69, 9.17) is 0 Å². The monoisotopic (exact) mass is 345 g/mol. The van der Waals surface area contributed by atoms with Gasteiger partial charge in [-0.2, -0.15) is 0 Å². The van der Waals surface area contributed by atoms with Gasteiger partial charge in [0.15, 0.2) is 0 Å². The topological polar surface area (TPSA) is 89.8 Å². The predicted molar refractivity (Wildman–Crippen MR) is 73.8 cm³/mol. The molecule has 0 amide bonds. The number of pyridine rings is 1. The van der Waals surface area contributed by atoms with E-state index in [1.54, 1.807) is 23.3 Å². The molecule has 19 heavy (non-hydrogen) atoms. The van der Waals surface area contributed by atoms with Gasteiger partial charge < -0.3 is 0 Å². The van der Waals surface area contributed by atoms with Crippen molar-refractivity contribution in [2.75, 3.05) is 12.8 Å². The van der Waals surface area contributed by atoms with Crippen molar-refractivity contribution < 1.29 is 8.42 Å². The molecule has 0 atom stereocenters. The van der Waals surface area contributed by atoms with Gasteiger partial charge in [0.05, 0.1) is 19.0 Å². The summed E-state index contributed by atoms with van der Waals surface area (Å²) in [6, 6.07) is 1.89. The van der Waals surface area contributed by atoms with E-state index in [2.05, 4.69) is 35.9 Å². The quantitative estimate of drug-likeness (QED) is 0.859. The average molecular weight is 346 g/mol. The summed E-state index contributed by atoms with van der Waals surface area (Å²) in [4.78, 5) is 4.05. The molecule has 0 aliphatic carbocycles. The normalized spacial score (nSPS) is 11.7. The van der Waals surface area contributed by atoms with Crippen LogP contribution in [0.3, 0.4) is 0 Å². The minimum atomic E-state index is -3.17. The summed E-state index contributed by atoms with van der Waals surface area (Å²) in [6.45, 7) is 0.694. The first-order chi connectivity index (χ1) is 8.94. The molecule has 0 saturated carbocycles. The van der Waals surface area contributed by atoms with Gasteiger partial charge in [-0.15, -0.1) is 5.10 Å². The fourth-order valence-electron chi connectivity index (χ4n) is 1.44. The third-order valence-electron chi connectivity index (χ3n) is 2.24. The highest BCUT2D eigenvalue weighted by Crippen LogP contribution is 2.18. The Balaban J connectivity index is 2.03. The maximum Gasteiger partial charge on any atom is 0.208 e. The second kappa shape index (κ2) is 5.76. The van der Waals surface area contributed by atoms with Crippen molar-refractivity contribution in [1.82, 2.24) is 24.7 Å². The lowest BCUT2D eigenvalue weighted by Gasteiger charge is -2.01. The number of hydrogen-bond acceptors (Lipinski definition) is 5. The highest BCUT2D eigenvalue weighted by molar-refractivity contribution is 9.10. The van der Waals surface area contributed by atoms with Gasteiger partial charge in [0, 0.05) is 29.0 Å². The lowest BCUT2D eigenvalue weighted by molar-refractivity contribution is 0.556. The third-order valence-corrected chi connectivity index (χ3v) is 3.41. The van der Waals surface area contributed by atoms with Crippen LogP contribution in [-0.4, -0.2) is 41.2 Å². The Hall–Kier alpha value is -1.32. The number of rotatable bonds is 5. The number of nitrogens with one attached hydrogen (secondary N) is 1. The summed E-state index contributed by atoms with van der Waals surface area (Å²) in [7, 11) is -3.17. The van der Waals surface area contributed by atoms with Crippen LogP contribution in [0.5, 0.6) is 0 Å². The van der Waals surface area contributed by atoms with Crippen LogP contribution in [0.1, 0.15) is 0 Å². The van der Waals surface area contributed by atoms with Gasteiger partial charge >= 0.3 is 0 Å². The summed E-state index contributed by atoms with van der Waals surface area (Å²) in [5.74, 6) is 0. The summed E-state index contributed by atoms with van der Waals surface area (Å²) in [6.07, 6.45) is 6.23. The van der Waals surface area contributed by atoms with Gasteiger partial charge in [-0.1, -0.05) is 5.21 Å². The molecule has 0 bridgehead atoms. The number of aromatic nitrogens is 4. The molecular weight excluding hydrogens is 334 g/mol. The van der Waals surface area contributed by atoms with Crippen molar-refractivity contribution in [2.45, 2.75) is 6.54 Å². The van der Waals surface area contributed by atoms with Crippen molar-refractivity contribution in [3.05, 3.63) is 29.1 Å². The van der Waals surface area contributed by atoms with Crippen LogP contribution in [0.25, 0.3) is 11.3 Å². The van der Waals surface area contributed by atoms with Gasteiger partial charge in [-0.25, -0.2) is 13.1 Å². The molecule has 102 valence electrons. The number of halogens is 1. The third kappa shape index (κ3) is 4.37. The molecule has 2 aromatic heterocycles. The molecule has 0 unspecified atom stereocenters. The molecule has 2 aromatic rings. The average Bonchev–Trinajstić information content (AvgIpc) is 2.76. The molecule has 0 aliphatic rings. The molecule has 7 nitrogen and oxygen atoms in total. The van der Waals surface area contributed by atoms with E-state index < -0.39 is 10.0 Å². The largest absolute Gasteiger partial charge is 0.263 e. The Kier molecular flexibility index (Phi) is 4.27. The van der Waals surface area contributed by atoms with Crippen LogP contribution in [0, 0.1) is 0 Å². The SMILES string of the molecule is CS(=O)(=O)NCCn1cc(-c2cncc(Br)c2)nn1. The molecule has 2 rings (SSSR count). The molecule has 2 heterocycles. The van der Waals surface area contributed by atoms with E-state index in [1.165, 1.54) is 0 Å². The lowest BCUT2D eigenvalue weighted by Crippen LogP contribution is -2.26. The van der Waals surface area contributed by atoms with E-state index >= 15 is 0 Å². The zero-order chi connectivity index (χ0) is 13.9. The summed E-state index contributed by atoms with van der Waals surface area (Å²) >= 11 is 3.34. The van der Waals surface area contributed by atoms with Crippen LogP contribution < -0.4 is 4.72 Å². The van der Waals surface area contributed by atoms with Crippen LogP contribution in [-0.2, 0) is 16.6 Å².